The van der Waals surface area contributed by atoms with Crippen molar-refractivity contribution in [3.8, 4) is 0 Å². The third kappa shape index (κ3) is 3.35. The van der Waals surface area contributed by atoms with E-state index in [2.05, 4.69) is 4.98 Å². The number of halogens is 2. The summed E-state index contributed by atoms with van der Waals surface area (Å²) in [5.74, 6) is -4.13. The molecule has 1 aliphatic carbocycles. The van der Waals surface area contributed by atoms with E-state index < -0.39 is 35.3 Å². The van der Waals surface area contributed by atoms with Gasteiger partial charge in [-0.1, -0.05) is 0 Å². The fraction of sp³-hybridized carbons (Fsp3) is 0.733. The van der Waals surface area contributed by atoms with E-state index in [0.29, 0.717) is 5.69 Å². The number of ether oxygens (including phenoxy) is 1. The molecule has 22 heavy (non-hydrogen) atoms. The summed E-state index contributed by atoms with van der Waals surface area (Å²) in [5, 5.41) is 9.92. The Kier molecular flexibility index (Phi) is 4.41. The van der Waals surface area contributed by atoms with Crippen LogP contribution in [0.3, 0.4) is 0 Å². The molecule has 0 aliphatic heterocycles. The van der Waals surface area contributed by atoms with Gasteiger partial charge in [0, 0.05) is 17.8 Å². The molecule has 1 N–H and O–H groups in total. The molecule has 7 heteroatoms. The van der Waals surface area contributed by atoms with E-state index in [1.807, 2.05) is 20.8 Å². The highest BCUT2D eigenvalue weighted by Gasteiger charge is 2.58. The van der Waals surface area contributed by atoms with Gasteiger partial charge in [-0.3, -0.25) is 4.57 Å². The van der Waals surface area contributed by atoms with Crippen molar-refractivity contribution in [2.75, 3.05) is 6.61 Å². The Morgan fingerprint density at radius 1 is 1.50 bits per heavy atom. The van der Waals surface area contributed by atoms with Crippen LogP contribution < -0.4 is 5.69 Å². The summed E-state index contributed by atoms with van der Waals surface area (Å²) < 4.78 is 35.1. The van der Waals surface area contributed by atoms with Crippen molar-refractivity contribution in [3.63, 3.8) is 0 Å². The van der Waals surface area contributed by atoms with Gasteiger partial charge in [0.1, 0.15) is 12.1 Å². The lowest BCUT2D eigenvalue weighted by Crippen LogP contribution is -2.41. The summed E-state index contributed by atoms with van der Waals surface area (Å²) in [5.41, 5.74) is -0.736. The molecule has 1 aliphatic rings. The van der Waals surface area contributed by atoms with Gasteiger partial charge >= 0.3 is 5.69 Å². The number of aryl methyl sites for hydroxylation is 1. The summed E-state index contributed by atoms with van der Waals surface area (Å²) >= 11 is 0. The van der Waals surface area contributed by atoms with Gasteiger partial charge in [0.05, 0.1) is 12.2 Å². The van der Waals surface area contributed by atoms with Gasteiger partial charge in [-0.15, -0.1) is 0 Å². The average molecular weight is 316 g/mol. The Balaban J connectivity index is 2.24. The van der Waals surface area contributed by atoms with E-state index in [1.165, 1.54) is 12.3 Å². The topological polar surface area (TPSA) is 64.3 Å². The zero-order valence-corrected chi connectivity index (χ0v) is 13.2. The average Bonchev–Trinajstić information content (AvgIpc) is 2.59. The van der Waals surface area contributed by atoms with Gasteiger partial charge in [0.2, 0.25) is 0 Å². The Morgan fingerprint density at radius 2 is 2.14 bits per heavy atom. The maximum absolute atomic E-state index is 14.3. The van der Waals surface area contributed by atoms with Crippen LogP contribution in [0.25, 0.3) is 0 Å². The lowest BCUT2D eigenvalue weighted by Gasteiger charge is -2.25. The van der Waals surface area contributed by atoms with Gasteiger partial charge in [0.25, 0.3) is 5.92 Å². The molecular weight excluding hydrogens is 294 g/mol. The molecule has 1 aromatic rings. The van der Waals surface area contributed by atoms with Crippen molar-refractivity contribution in [2.24, 2.45) is 5.92 Å². The van der Waals surface area contributed by atoms with Crippen molar-refractivity contribution < 1.29 is 18.6 Å². The van der Waals surface area contributed by atoms with Crippen LogP contribution >= 0.6 is 0 Å². The van der Waals surface area contributed by atoms with Crippen molar-refractivity contribution >= 4 is 0 Å². The zero-order valence-electron chi connectivity index (χ0n) is 13.2. The normalized spacial score (nSPS) is 28.0. The first kappa shape index (κ1) is 17.0. The zero-order chi connectivity index (χ0) is 16.7. The first-order valence-electron chi connectivity index (χ1n) is 7.28. The van der Waals surface area contributed by atoms with Gasteiger partial charge < -0.3 is 9.84 Å². The Morgan fingerprint density at radius 3 is 2.68 bits per heavy atom. The fourth-order valence-electron chi connectivity index (χ4n) is 2.63. The molecule has 0 spiro atoms. The van der Waals surface area contributed by atoms with Crippen LogP contribution in [0.1, 0.15) is 38.9 Å². The number of aromatic nitrogens is 2. The van der Waals surface area contributed by atoms with Gasteiger partial charge in [-0.2, -0.15) is 4.98 Å². The van der Waals surface area contributed by atoms with Crippen LogP contribution in [0.2, 0.25) is 0 Å². The second kappa shape index (κ2) is 5.70. The molecule has 124 valence electrons. The molecule has 1 aromatic heterocycles. The van der Waals surface area contributed by atoms with Crippen LogP contribution in [-0.2, 0) is 4.74 Å². The molecule has 0 bridgehead atoms. The van der Waals surface area contributed by atoms with E-state index in [-0.39, 0.29) is 13.0 Å². The maximum Gasteiger partial charge on any atom is 0.348 e. The summed E-state index contributed by atoms with van der Waals surface area (Å²) in [6.07, 6.45) is -0.564. The number of aliphatic hydroxyl groups excluding tert-OH is 1. The molecule has 3 atom stereocenters. The van der Waals surface area contributed by atoms with Crippen LogP contribution in [0.15, 0.2) is 17.1 Å². The minimum absolute atomic E-state index is 0.0186. The standard InChI is InChI=1S/C15H22F2N2O3/c1-9-5-6-19(13(21)18-9)11-7-10(8-22-14(2,3)4)12(20)15(11,16)17/h5-6,10-12,20H,7-8H2,1-4H3/t10-,11?,12-/m1/s1. The van der Waals surface area contributed by atoms with Gasteiger partial charge in [-0.05, 0) is 40.2 Å². The third-order valence-electron chi connectivity index (χ3n) is 3.85. The highest BCUT2D eigenvalue weighted by Crippen LogP contribution is 2.46. The Hall–Kier alpha value is -1.34. The third-order valence-corrected chi connectivity index (χ3v) is 3.85. The molecule has 2 rings (SSSR count). The smallest absolute Gasteiger partial charge is 0.348 e. The molecule has 0 aromatic carbocycles. The molecule has 1 heterocycles. The van der Waals surface area contributed by atoms with Crippen LogP contribution in [0.4, 0.5) is 8.78 Å². The van der Waals surface area contributed by atoms with Crippen molar-refractivity contribution in [1.82, 2.24) is 9.55 Å². The number of hydrogen-bond donors (Lipinski definition) is 1. The second-order valence-corrected chi connectivity index (χ2v) is 6.81. The predicted molar refractivity (Wildman–Crippen MR) is 77.0 cm³/mol. The molecular formula is C15H22F2N2O3. The minimum atomic E-state index is -3.40. The number of rotatable bonds is 3. The number of hydrogen-bond acceptors (Lipinski definition) is 4. The Labute approximate surface area is 127 Å². The van der Waals surface area contributed by atoms with Crippen molar-refractivity contribution in [1.29, 1.82) is 0 Å². The van der Waals surface area contributed by atoms with Crippen LogP contribution in [-0.4, -0.2) is 38.9 Å². The molecule has 0 saturated heterocycles. The summed E-state index contributed by atoms with van der Waals surface area (Å²) in [7, 11) is 0. The highest BCUT2D eigenvalue weighted by atomic mass is 19.3. The summed E-state index contributed by atoms with van der Waals surface area (Å²) in [4.78, 5) is 15.5. The fourth-order valence-corrected chi connectivity index (χ4v) is 2.63. The first-order valence-corrected chi connectivity index (χ1v) is 7.28. The van der Waals surface area contributed by atoms with E-state index in [4.69, 9.17) is 4.74 Å². The molecule has 0 radical (unpaired) electrons. The van der Waals surface area contributed by atoms with E-state index >= 15 is 0 Å². The number of alkyl halides is 2. The van der Waals surface area contributed by atoms with Gasteiger partial charge in [-0.25, -0.2) is 13.6 Å². The number of aliphatic hydroxyl groups is 1. The minimum Gasteiger partial charge on any atom is -0.386 e. The maximum atomic E-state index is 14.3. The van der Waals surface area contributed by atoms with Crippen molar-refractivity contribution in [3.05, 3.63) is 28.4 Å². The predicted octanol–water partition coefficient (Wildman–Crippen LogP) is 1.92. The van der Waals surface area contributed by atoms with E-state index in [9.17, 15) is 18.7 Å². The number of nitrogens with zero attached hydrogens (tertiary/aromatic N) is 2. The SMILES string of the molecule is Cc1ccn(C2C[C@H](COC(C)(C)C)[C@@H](O)C2(F)F)c(=O)n1. The lowest BCUT2D eigenvalue weighted by atomic mass is 10.1. The van der Waals surface area contributed by atoms with Crippen LogP contribution in [0, 0.1) is 12.8 Å². The molecule has 1 saturated carbocycles. The summed E-state index contributed by atoms with van der Waals surface area (Å²) in [6, 6.07) is 0.0970. The Bertz CT molecular complexity index is 595. The van der Waals surface area contributed by atoms with E-state index in [0.717, 1.165) is 4.57 Å². The molecule has 1 fully saturated rings. The second-order valence-electron chi connectivity index (χ2n) is 6.81. The summed E-state index contributed by atoms with van der Waals surface area (Å²) in [6.45, 7) is 7.09. The molecule has 1 unspecified atom stereocenters. The largest absolute Gasteiger partial charge is 0.386 e. The first-order chi connectivity index (χ1) is 10.0. The van der Waals surface area contributed by atoms with Crippen molar-refractivity contribution in [2.45, 2.75) is 57.8 Å². The van der Waals surface area contributed by atoms with Crippen LogP contribution in [0.5, 0.6) is 0 Å². The quantitative estimate of drug-likeness (QED) is 0.925. The highest BCUT2D eigenvalue weighted by molar-refractivity contribution is 5.04. The lowest BCUT2D eigenvalue weighted by molar-refractivity contribution is -0.131. The monoisotopic (exact) mass is 316 g/mol. The molecule has 0 amide bonds. The van der Waals surface area contributed by atoms with Gasteiger partial charge in [0.15, 0.2) is 0 Å². The van der Waals surface area contributed by atoms with E-state index in [1.54, 1.807) is 6.92 Å². The molecule has 5 nitrogen and oxygen atoms in total.